The smallest absolute Gasteiger partial charge is 0.162 e. The van der Waals surface area contributed by atoms with E-state index < -0.39 is 11.3 Å². The van der Waals surface area contributed by atoms with Crippen LogP contribution in [0.4, 0.5) is 11.5 Å². The van der Waals surface area contributed by atoms with E-state index in [0.717, 1.165) is 16.5 Å². The topological polar surface area (TPSA) is 108 Å². The van der Waals surface area contributed by atoms with Gasteiger partial charge in [-0.2, -0.15) is 0 Å². The Hall–Kier alpha value is -2.91. The van der Waals surface area contributed by atoms with Crippen molar-refractivity contribution in [3.8, 4) is 11.5 Å². The van der Waals surface area contributed by atoms with E-state index in [2.05, 4.69) is 20.0 Å². The van der Waals surface area contributed by atoms with E-state index in [-0.39, 0.29) is 0 Å². The Morgan fingerprint density at radius 3 is 2.63 bits per heavy atom. The van der Waals surface area contributed by atoms with Crippen molar-refractivity contribution in [3.63, 3.8) is 0 Å². The van der Waals surface area contributed by atoms with Gasteiger partial charge in [0, 0.05) is 35.0 Å². The second-order valence-electron chi connectivity index (χ2n) is 5.66. The number of hydrogen-bond acceptors (Lipinski definition) is 7. The molecule has 3 rings (SSSR count). The molecule has 0 amide bonds. The lowest BCUT2D eigenvalue weighted by atomic mass is 10.1. The fraction of sp³-hybridized carbons (Fsp3) is 0.222. The van der Waals surface area contributed by atoms with Crippen LogP contribution in [0.3, 0.4) is 0 Å². The molecule has 0 bridgehead atoms. The number of anilines is 2. The number of rotatable bonds is 8. The molecule has 0 aliphatic rings. The van der Waals surface area contributed by atoms with Gasteiger partial charge in [-0.25, -0.2) is 9.97 Å². The Balaban J connectivity index is 1.74. The lowest BCUT2D eigenvalue weighted by Crippen LogP contribution is -2.08. The van der Waals surface area contributed by atoms with Gasteiger partial charge in [0.2, 0.25) is 0 Å². The number of fused-ring (bicyclic) bond motifs is 1. The molecule has 9 heteroatoms. The summed E-state index contributed by atoms with van der Waals surface area (Å²) >= 11 is -2.34. The maximum Gasteiger partial charge on any atom is 0.162 e. The number of aromatic nitrogens is 2. The maximum atomic E-state index is 10.7. The monoisotopic (exact) mass is 387 g/mol. The molecule has 0 saturated heterocycles. The Labute approximate surface area is 159 Å². The van der Waals surface area contributed by atoms with Crippen molar-refractivity contribution in [2.24, 2.45) is 0 Å². The third kappa shape index (κ3) is 4.63. The molecule has 3 aromatic rings. The Bertz CT molecular complexity index is 967. The van der Waals surface area contributed by atoms with E-state index in [4.69, 9.17) is 9.47 Å². The second kappa shape index (κ2) is 8.65. The summed E-state index contributed by atoms with van der Waals surface area (Å²) in [7, 11) is 3.16. The molecule has 27 heavy (non-hydrogen) atoms. The average molecular weight is 387 g/mol. The van der Waals surface area contributed by atoms with Crippen LogP contribution in [0.15, 0.2) is 42.7 Å². The van der Waals surface area contributed by atoms with Gasteiger partial charge in [-0.15, -0.1) is 0 Å². The number of nitrogens with one attached hydrogen (secondary N) is 2. The fourth-order valence-electron chi connectivity index (χ4n) is 2.74. The van der Waals surface area contributed by atoms with Crippen LogP contribution < -0.4 is 19.5 Å². The van der Waals surface area contributed by atoms with Crippen molar-refractivity contribution in [2.45, 2.75) is 6.42 Å². The normalized spacial score (nSPS) is 11.8. The van der Waals surface area contributed by atoms with Gasteiger partial charge in [0.25, 0.3) is 0 Å². The van der Waals surface area contributed by atoms with E-state index in [1.165, 1.54) is 6.33 Å². The molecule has 0 spiro atoms. The van der Waals surface area contributed by atoms with Crippen molar-refractivity contribution in [2.75, 3.05) is 30.8 Å². The van der Waals surface area contributed by atoms with Crippen LogP contribution in [0, 0.1) is 0 Å². The minimum absolute atomic E-state index is 0.533. The third-order valence-electron chi connectivity index (χ3n) is 3.97. The van der Waals surface area contributed by atoms with E-state index in [1.807, 2.05) is 18.2 Å². The zero-order valence-corrected chi connectivity index (χ0v) is 15.7. The number of nitrogens with zero attached hydrogens (tertiary/aromatic N) is 2. The van der Waals surface area contributed by atoms with Crippen LogP contribution in [-0.2, 0) is 17.7 Å². The van der Waals surface area contributed by atoms with E-state index in [9.17, 15) is 8.76 Å². The molecule has 0 radical (unpaired) electrons. The zero-order valence-electron chi connectivity index (χ0n) is 14.9. The Morgan fingerprint density at radius 2 is 1.89 bits per heavy atom. The Morgan fingerprint density at radius 1 is 1.11 bits per heavy atom. The first kappa shape index (κ1) is 18.9. The van der Waals surface area contributed by atoms with Crippen LogP contribution >= 0.6 is 0 Å². The minimum Gasteiger partial charge on any atom is -0.755 e. The van der Waals surface area contributed by atoms with Crippen LogP contribution in [0.1, 0.15) is 5.56 Å². The number of hydrogen-bond donors (Lipinski definition) is 2. The fourth-order valence-corrected chi connectivity index (χ4v) is 3.06. The van der Waals surface area contributed by atoms with E-state index in [0.29, 0.717) is 36.0 Å². The van der Waals surface area contributed by atoms with Crippen molar-refractivity contribution in [1.82, 2.24) is 9.97 Å². The summed E-state index contributed by atoms with van der Waals surface area (Å²) in [5.41, 5.74) is 2.27. The average Bonchev–Trinajstić information content (AvgIpc) is 2.67. The predicted octanol–water partition coefficient (Wildman–Crippen LogP) is 2.51. The lowest BCUT2D eigenvalue weighted by molar-refractivity contribution is 0.356. The van der Waals surface area contributed by atoms with Crippen molar-refractivity contribution >= 4 is 33.7 Å². The first-order valence-corrected chi connectivity index (χ1v) is 9.23. The number of benzene rings is 2. The summed E-state index contributed by atoms with van der Waals surface area (Å²) in [5, 5.41) is 4.12. The zero-order chi connectivity index (χ0) is 19.2. The molecule has 1 heterocycles. The predicted molar refractivity (Wildman–Crippen MR) is 104 cm³/mol. The van der Waals surface area contributed by atoms with Gasteiger partial charge in [-0.05, 0) is 30.2 Å². The first-order chi connectivity index (χ1) is 13.1. The quantitative estimate of drug-likeness (QED) is 0.572. The molecule has 1 aromatic heterocycles. The Kier molecular flexibility index (Phi) is 6.05. The van der Waals surface area contributed by atoms with Gasteiger partial charge in [0.15, 0.2) is 11.5 Å². The molecule has 0 aliphatic carbocycles. The minimum atomic E-state index is -2.34. The van der Waals surface area contributed by atoms with E-state index >= 15 is 0 Å². The van der Waals surface area contributed by atoms with Gasteiger partial charge in [-0.3, -0.25) is 4.21 Å². The summed E-state index contributed by atoms with van der Waals surface area (Å²) in [4.78, 5) is 8.59. The summed E-state index contributed by atoms with van der Waals surface area (Å²) < 4.78 is 34.5. The summed E-state index contributed by atoms with van der Waals surface area (Å²) in [6, 6.07) is 10.9. The molecule has 2 N–H and O–H groups in total. The van der Waals surface area contributed by atoms with E-state index in [1.54, 1.807) is 32.4 Å². The van der Waals surface area contributed by atoms with Gasteiger partial charge in [-0.1, -0.05) is 12.1 Å². The van der Waals surface area contributed by atoms with Crippen molar-refractivity contribution in [3.05, 3.63) is 48.3 Å². The highest BCUT2D eigenvalue weighted by molar-refractivity contribution is 7.80. The number of ether oxygens (including phenoxy) is 2. The molecule has 2 aromatic carbocycles. The molecule has 1 atom stereocenters. The van der Waals surface area contributed by atoms with Gasteiger partial charge in [0.1, 0.15) is 12.1 Å². The van der Waals surface area contributed by atoms with Gasteiger partial charge < -0.3 is 24.1 Å². The van der Waals surface area contributed by atoms with Crippen LogP contribution in [0.2, 0.25) is 0 Å². The van der Waals surface area contributed by atoms with Crippen molar-refractivity contribution < 1.29 is 18.2 Å². The molecule has 1 unspecified atom stereocenters. The molecule has 0 fully saturated rings. The van der Waals surface area contributed by atoms with Gasteiger partial charge in [0.05, 0.1) is 19.7 Å². The van der Waals surface area contributed by atoms with Crippen LogP contribution in [0.5, 0.6) is 11.5 Å². The standard InChI is InChI=1S/C18H20N4O4S/c1-25-16-9-14-15(10-17(16)26-2)20-11-21-18(14)19-7-6-12-4-3-5-13(8-12)22-27(23)24/h3-5,8-11,22H,6-7H2,1-2H3,(H,23,24)(H,19,20,21)/p-1. The summed E-state index contributed by atoms with van der Waals surface area (Å²) in [5.74, 6) is 1.90. The summed E-state index contributed by atoms with van der Waals surface area (Å²) in [6.45, 7) is 0.615. The van der Waals surface area contributed by atoms with Crippen LogP contribution in [-0.4, -0.2) is 39.5 Å². The SMILES string of the molecule is COc1cc2ncnc(NCCc3cccc(NS(=O)[O-])c3)c2cc1OC. The molecular formula is C18H19N4O4S-. The highest BCUT2D eigenvalue weighted by Gasteiger charge is 2.10. The largest absolute Gasteiger partial charge is 0.755 e. The molecule has 0 saturated carbocycles. The molecule has 8 nitrogen and oxygen atoms in total. The highest BCUT2D eigenvalue weighted by Crippen LogP contribution is 2.33. The first-order valence-electron chi connectivity index (χ1n) is 8.16. The number of methoxy groups -OCH3 is 2. The maximum absolute atomic E-state index is 10.7. The van der Waals surface area contributed by atoms with Crippen LogP contribution in [0.25, 0.3) is 10.9 Å². The lowest BCUT2D eigenvalue weighted by Gasteiger charge is -2.13. The summed E-state index contributed by atoms with van der Waals surface area (Å²) in [6.07, 6.45) is 2.19. The van der Waals surface area contributed by atoms with Crippen molar-refractivity contribution in [1.29, 1.82) is 0 Å². The van der Waals surface area contributed by atoms with Gasteiger partial charge >= 0.3 is 0 Å². The molecule has 142 valence electrons. The molecular weight excluding hydrogens is 368 g/mol. The molecule has 0 aliphatic heterocycles. The third-order valence-corrected chi connectivity index (χ3v) is 4.38. The highest BCUT2D eigenvalue weighted by atomic mass is 32.2. The second-order valence-corrected chi connectivity index (χ2v) is 6.33.